The molecule has 3 heteroatoms. The number of hydrogen-bond acceptors (Lipinski definition) is 2. The van der Waals surface area contributed by atoms with Crippen molar-refractivity contribution in [3.05, 3.63) is 35.7 Å². The average Bonchev–Trinajstić information content (AvgIpc) is 2.57. The molecule has 0 unspecified atom stereocenters. The number of oxazole rings is 1. The van der Waals surface area contributed by atoms with Crippen LogP contribution in [0.15, 0.2) is 28.7 Å². The van der Waals surface area contributed by atoms with Crippen LogP contribution in [-0.2, 0) is 0 Å². The quantitative estimate of drug-likeness (QED) is 0.738. The average molecular weight is 222 g/mol. The highest BCUT2D eigenvalue weighted by molar-refractivity contribution is 6.17. The molecule has 0 amide bonds. The number of allylic oxidation sites excluding steroid dienone is 1. The molecule has 0 saturated carbocycles. The summed E-state index contributed by atoms with van der Waals surface area (Å²) >= 11 is 5.59. The molecule has 2 aromatic rings. The third-order valence-electron chi connectivity index (χ3n) is 2.11. The summed E-state index contributed by atoms with van der Waals surface area (Å²) in [7, 11) is 0. The molecule has 78 valence electrons. The van der Waals surface area contributed by atoms with Crippen LogP contribution in [-0.4, -0.2) is 10.9 Å². The molecule has 0 bridgehead atoms. The standard InChI is InChI=1S/C12H12ClNO/c1-9-14-11-6-5-10(4-2-3-7-13)8-12(11)15-9/h2,4-6,8H,3,7H2,1H3. The highest BCUT2D eigenvalue weighted by Gasteiger charge is 2.00. The Morgan fingerprint density at radius 3 is 3.13 bits per heavy atom. The molecule has 2 nitrogen and oxygen atoms in total. The fourth-order valence-corrected chi connectivity index (χ4v) is 1.57. The van der Waals surface area contributed by atoms with E-state index in [-0.39, 0.29) is 0 Å². The van der Waals surface area contributed by atoms with Crippen LogP contribution < -0.4 is 0 Å². The van der Waals surface area contributed by atoms with Gasteiger partial charge in [0.05, 0.1) is 0 Å². The number of halogens is 1. The van der Waals surface area contributed by atoms with E-state index >= 15 is 0 Å². The van der Waals surface area contributed by atoms with Crippen molar-refractivity contribution in [1.82, 2.24) is 4.98 Å². The molecular formula is C12H12ClNO. The first-order valence-electron chi connectivity index (χ1n) is 4.89. The molecule has 0 atom stereocenters. The van der Waals surface area contributed by atoms with Gasteiger partial charge in [-0.15, -0.1) is 11.6 Å². The van der Waals surface area contributed by atoms with Gasteiger partial charge in [-0.25, -0.2) is 4.98 Å². The lowest BCUT2D eigenvalue weighted by atomic mass is 10.2. The summed E-state index contributed by atoms with van der Waals surface area (Å²) in [5, 5.41) is 0. The number of benzene rings is 1. The van der Waals surface area contributed by atoms with Crippen molar-refractivity contribution in [1.29, 1.82) is 0 Å². The Hall–Kier alpha value is -1.28. The van der Waals surface area contributed by atoms with E-state index in [0.717, 1.165) is 23.1 Å². The molecule has 1 aromatic carbocycles. The SMILES string of the molecule is Cc1nc2ccc(C=CCCCl)cc2o1. The highest BCUT2D eigenvalue weighted by atomic mass is 35.5. The summed E-state index contributed by atoms with van der Waals surface area (Å²) in [6, 6.07) is 5.97. The first-order chi connectivity index (χ1) is 7.29. The molecule has 0 aliphatic carbocycles. The lowest BCUT2D eigenvalue weighted by Crippen LogP contribution is -1.73. The van der Waals surface area contributed by atoms with Crippen LogP contribution in [0.1, 0.15) is 17.9 Å². The van der Waals surface area contributed by atoms with Gasteiger partial charge in [-0.1, -0.05) is 18.2 Å². The number of aryl methyl sites for hydroxylation is 1. The first kappa shape index (κ1) is 10.2. The third kappa shape index (κ3) is 2.39. The van der Waals surface area contributed by atoms with Gasteiger partial charge in [-0.05, 0) is 24.1 Å². The zero-order chi connectivity index (χ0) is 10.7. The molecule has 0 N–H and O–H groups in total. The zero-order valence-corrected chi connectivity index (χ0v) is 9.29. The Bertz CT molecular complexity index is 487. The normalized spacial score (nSPS) is 11.6. The molecule has 0 aliphatic heterocycles. The van der Waals surface area contributed by atoms with E-state index in [2.05, 4.69) is 11.1 Å². The minimum atomic E-state index is 0.653. The van der Waals surface area contributed by atoms with E-state index in [1.165, 1.54) is 0 Å². The van der Waals surface area contributed by atoms with Crippen LogP contribution in [0.25, 0.3) is 17.2 Å². The maximum Gasteiger partial charge on any atom is 0.192 e. The molecule has 1 heterocycles. The van der Waals surface area contributed by atoms with E-state index in [0.29, 0.717) is 11.8 Å². The molecule has 0 aliphatic rings. The van der Waals surface area contributed by atoms with Gasteiger partial charge in [0, 0.05) is 12.8 Å². The van der Waals surface area contributed by atoms with Crippen LogP contribution in [0.4, 0.5) is 0 Å². The molecule has 15 heavy (non-hydrogen) atoms. The van der Waals surface area contributed by atoms with Crippen molar-refractivity contribution in [3.63, 3.8) is 0 Å². The minimum Gasteiger partial charge on any atom is -0.441 e. The van der Waals surface area contributed by atoms with E-state index in [9.17, 15) is 0 Å². The molecule has 0 spiro atoms. The molecule has 0 radical (unpaired) electrons. The van der Waals surface area contributed by atoms with Gasteiger partial charge in [0.2, 0.25) is 0 Å². The number of rotatable bonds is 3. The maximum atomic E-state index is 5.59. The van der Waals surface area contributed by atoms with E-state index < -0.39 is 0 Å². The van der Waals surface area contributed by atoms with Gasteiger partial charge >= 0.3 is 0 Å². The number of hydrogen-bond donors (Lipinski definition) is 0. The summed E-state index contributed by atoms with van der Waals surface area (Å²) in [4.78, 5) is 4.24. The van der Waals surface area contributed by atoms with Crippen molar-refractivity contribution < 1.29 is 4.42 Å². The summed E-state index contributed by atoms with van der Waals surface area (Å²) in [6.45, 7) is 1.85. The molecular weight excluding hydrogens is 210 g/mol. The van der Waals surface area contributed by atoms with Crippen LogP contribution in [0.5, 0.6) is 0 Å². The van der Waals surface area contributed by atoms with Crippen LogP contribution in [0, 0.1) is 6.92 Å². The second-order valence-electron chi connectivity index (χ2n) is 3.34. The Morgan fingerprint density at radius 1 is 1.47 bits per heavy atom. The van der Waals surface area contributed by atoms with E-state index in [1.54, 1.807) is 0 Å². The number of fused-ring (bicyclic) bond motifs is 1. The van der Waals surface area contributed by atoms with Crippen LogP contribution >= 0.6 is 11.6 Å². The second-order valence-corrected chi connectivity index (χ2v) is 3.72. The number of alkyl halides is 1. The summed E-state index contributed by atoms with van der Waals surface area (Å²) < 4.78 is 5.44. The monoisotopic (exact) mass is 221 g/mol. The van der Waals surface area contributed by atoms with Crippen molar-refractivity contribution in [2.45, 2.75) is 13.3 Å². The largest absolute Gasteiger partial charge is 0.441 e. The Kier molecular flexibility index (Phi) is 3.07. The molecule has 0 fully saturated rings. The maximum absolute atomic E-state index is 5.59. The lowest BCUT2D eigenvalue weighted by molar-refractivity contribution is 0.561. The van der Waals surface area contributed by atoms with Crippen molar-refractivity contribution in [2.24, 2.45) is 0 Å². The Morgan fingerprint density at radius 2 is 2.33 bits per heavy atom. The highest BCUT2D eigenvalue weighted by Crippen LogP contribution is 2.17. The van der Waals surface area contributed by atoms with Crippen molar-refractivity contribution in [2.75, 3.05) is 5.88 Å². The second kappa shape index (κ2) is 4.49. The van der Waals surface area contributed by atoms with Gasteiger partial charge in [0.1, 0.15) is 5.52 Å². The van der Waals surface area contributed by atoms with Crippen LogP contribution in [0.2, 0.25) is 0 Å². The zero-order valence-electron chi connectivity index (χ0n) is 8.53. The first-order valence-corrected chi connectivity index (χ1v) is 5.43. The third-order valence-corrected chi connectivity index (χ3v) is 2.32. The number of aromatic nitrogens is 1. The molecule has 1 aromatic heterocycles. The van der Waals surface area contributed by atoms with Crippen molar-refractivity contribution >= 4 is 28.8 Å². The smallest absolute Gasteiger partial charge is 0.192 e. The van der Waals surface area contributed by atoms with E-state index in [1.807, 2.05) is 31.2 Å². The fourth-order valence-electron chi connectivity index (χ4n) is 1.44. The lowest BCUT2D eigenvalue weighted by Gasteiger charge is -1.91. The minimum absolute atomic E-state index is 0.653. The predicted molar refractivity (Wildman–Crippen MR) is 63.1 cm³/mol. The van der Waals surface area contributed by atoms with Crippen molar-refractivity contribution in [3.8, 4) is 0 Å². The molecule has 2 rings (SSSR count). The summed E-state index contributed by atoms with van der Waals surface area (Å²) in [5.74, 6) is 1.35. The summed E-state index contributed by atoms with van der Waals surface area (Å²) in [6.07, 6.45) is 4.98. The van der Waals surface area contributed by atoms with Gasteiger partial charge in [-0.3, -0.25) is 0 Å². The number of nitrogens with zero attached hydrogens (tertiary/aromatic N) is 1. The fraction of sp³-hybridized carbons (Fsp3) is 0.250. The Labute approximate surface area is 93.6 Å². The van der Waals surface area contributed by atoms with E-state index in [4.69, 9.17) is 16.0 Å². The van der Waals surface area contributed by atoms with Crippen LogP contribution in [0.3, 0.4) is 0 Å². The van der Waals surface area contributed by atoms with Gasteiger partial charge < -0.3 is 4.42 Å². The topological polar surface area (TPSA) is 26.0 Å². The van der Waals surface area contributed by atoms with Gasteiger partial charge in [-0.2, -0.15) is 0 Å². The van der Waals surface area contributed by atoms with Gasteiger partial charge in [0.25, 0.3) is 0 Å². The molecule has 0 saturated heterocycles. The summed E-state index contributed by atoms with van der Waals surface area (Å²) in [5.41, 5.74) is 2.85. The predicted octanol–water partition coefficient (Wildman–Crippen LogP) is 3.78. The van der Waals surface area contributed by atoms with Gasteiger partial charge in [0.15, 0.2) is 11.5 Å². The Balaban J connectivity index is 2.30.